The van der Waals surface area contributed by atoms with Gasteiger partial charge in [0.1, 0.15) is 0 Å². The van der Waals surface area contributed by atoms with E-state index >= 15 is 0 Å². The van der Waals surface area contributed by atoms with E-state index in [0.29, 0.717) is 41.4 Å². The first-order valence-electron chi connectivity index (χ1n) is 13.3. The second-order valence-electron chi connectivity index (χ2n) is 10.2. The number of sulfonamides is 1. The minimum Gasteiger partial charge on any atom is -0.379 e. The van der Waals surface area contributed by atoms with Gasteiger partial charge in [-0.05, 0) is 36.8 Å². The number of morpholine rings is 1. The van der Waals surface area contributed by atoms with Crippen molar-refractivity contribution < 1.29 is 26.3 Å². The van der Waals surface area contributed by atoms with Crippen LogP contribution in [-0.4, -0.2) is 73.1 Å². The van der Waals surface area contributed by atoms with E-state index in [2.05, 4.69) is 16.7 Å². The molecule has 1 aromatic heterocycles. The van der Waals surface area contributed by atoms with Gasteiger partial charge in [-0.25, -0.2) is 8.42 Å². The van der Waals surface area contributed by atoms with Crippen molar-refractivity contribution in [1.29, 1.82) is 0 Å². The number of hydrogen-bond acceptors (Lipinski definition) is 5. The van der Waals surface area contributed by atoms with E-state index in [1.165, 1.54) is 22.7 Å². The average Bonchev–Trinajstić information content (AvgIpc) is 3.30. The smallest absolute Gasteiger partial charge is 0.379 e. The van der Waals surface area contributed by atoms with E-state index in [1.54, 1.807) is 18.2 Å². The Morgan fingerprint density at radius 1 is 1.05 bits per heavy atom. The molecule has 12 heteroatoms. The molecule has 0 radical (unpaired) electrons. The number of fused-ring (bicyclic) bond motifs is 1. The third-order valence-corrected chi connectivity index (χ3v) is 8.87. The molecular formula is C29H30ClF3N4O3S. The summed E-state index contributed by atoms with van der Waals surface area (Å²) in [6.07, 6.45) is -1.83. The fourth-order valence-corrected chi connectivity index (χ4v) is 6.07. The van der Waals surface area contributed by atoms with Crippen molar-refractivity contribution in [2.75, 3.05) is 45.6 Å². The quantitative estimate of drug-likeness (QED) is 0.382. The molecule has 41 heavy (non-hydrogen) atoms. The molecule has 218 valence electrons. The highest BCUT2D eigenvalue weighted by molar-refractivity contribution is 7.88. The number of ether oxygens (including phenoxy) is 1. The van der Waals surface area contributed by atoms with Crippen LogP contribution >= 0.6 is 11.6 Å². The first kappa shape index (κ1) is 29.6. The van der Waals surface area contributed by atoms with Gasteiger partial charge in [0.2, 0.25) is 10.0 Å². The number of alkyl halides is 3. The van der Waals surface area contributed by atoms with Crippen molar-refractivity contribution in [2.24, 2.45) is 0 Å². The summed E-state index contributed by atoms with van der Waals surface area (Å²) in [6, 6.07) is 10.1. The molecule has 0 aliphatic carbocycles. The fourth-order valence-electron chi connectivity index (χ4n) is 5.12. The van der Waals surface area contributed by atoms with Gasteiger partial charge in [-0.15, -0.1) is 0 Å². The summed E-state index contributed by atoms with van der Waals surface area (Å²) in [7, 11) is -3.40. The first-order chi connectivity index (χ1) is 19.5. The Morgan fingerprint density at radius 3 is 2.56 bits per heavy atom. The van der Waals surface area contributed by atoms with E-state index < -0.39 is 21.8 Å². The van der Waals surface area contributed by atoms with Gasteiger partial charge >= 0.3 is 6.18 Å². The van der Waals surface area contributed by atoms with Crippen LogP contribution < -0.4 is 0 Å². The van der Waals surface area contributed by atoms with Gasteiger partial charge in [0.05, 0.1) is 35.7 Å². The molecule has 0 amide bonds. The molecule has 0 N–H and O–H groups in total. The second kappa shape index (κ2) is 12.2. The van der Waals surface area contributed by atoms with Crippen LogP contribution in [0.3, 0.4) is 0 Å². The van der Waals surface area contributed by atoms with Crippen molar-refractivity contribution in [3.8, 4) is 23.1 Å². The third kappa shape index (κ3) is 7.13. The van der Waals surface area contributed by atoms with Crippen LogP contribution in [0.4, 0.5) is 13.2 Å². The third-order valence-electron chi connectivity index (χ3n) is 7.29. The SMILES string of the molecule is CS(=O)(=O)N1CCc2c(c(-c3ccc(Cl)c(C#Cc4cccc(C(F)(F)F)c4)c3)nn2CCCN2CCOCC2)C1. The first-order valence-corrected chi connectivity index (χ1v) is 15.5. The summed E-state index contributed by atoms with van der Waals surface area (Å²) < 4.78 is 73.0. The summed E-state index contributed by atoms with van der Waals surface area (Å²) in [5.74, 6) is 5.69. The Morgan fingerprint density at radius 2 is 1.83 bits per heavy atom. The Kier molecular flexibility index (Phi) is 8.78. The molecule has 7 nitrogen and oxygen atoms in total. The minimum atomic E-state index is -4.46. The Hall–Kier alpha value is -2.88. The van der Waals surface area contributed by atoms with Crippen molar-refractivity contribution in [3.05, 3.63) is 75.4 Å². The summed E-state index contributed by atoms with van der Waals surface area (Å²) >= 11 is 6.42. The molecule has 0 atom stereocenters. The standard InChI is InChI=1S/C29H30ClF3N4O3S/c1-41(38,39)36-13-10-27-25(20-36)28(34-37(27)12-3-11-35-14-16-40-17-15-35)23-8-9-26(30)22(19-23)7-6-21-4-2-5-24(18-21)29(31,32)33/h2,4-5,8-9,18-19H,3,10-17,20H2,1H3. The monoisotopic (exact) mass is 606 g/mol. The minimum absolute atomic E-state index is 0.209. The molecule has 0 unspecified atom stereocenters. The molecule has 2 aliphatic rings. The molecule has 2 aromatic carbocycles. The molecule has 0 bridgehead atoms. The van der Waals surface area contributed by atoms with E-state index in [1.807, 2.05) is 4.68 Å². The Bertz CT molecular complexity index is 1590. The maximum atomic E-state index is 13.1. The molecule has 1 fully saturated rings. The molecule has 5 rings (SSSR count). The lowest BCUT2D eigenvalue weighted by Gasteiger charge is -2.27. The number of aryl methyl sites for hydroxylation is 1. The molecular weight excluding hydrogens is 577 g/mol. The van der Waals surface area contributed by atoms with Crippen molar-refractivity contribution >= 4 is 21.6 Å². The summed E-state index contributed by atoms with van der Waals surface area (Å²) in [5, 5.41) is 5.28. The van der Waals surface area contributed by atoms with Crippen LogP contribution in [0.1, 0.15) is 34.4 Å². The highest BCUT2D eigenvalue weighted by atomic mass is 35.5. The number of halogens is 4. The molecule has 3 aromatic rings. The van der Waals surface area contributed by atoms with Gasteiger partial charge < -0.3 is 4.74 Å². The van der Waals surface area contributed by atoms with Crippen LogP contribution in [0.2, 0.25) is 5.02 Å². The lowest BCUT2D eigenvalue weighted by molar-refractivity contribution is -0.137. The predicted octanol–water partition coefficient (Wildman–Crippen LogP) is 4.66. The maximum absolute atomic E-state index is 13.1. The van der Waals surface area contributed by atoms with Gasteiger partial charge in [0.15, 0.2) is 0 Å². The normalized spacial score (nSPS) is 16.7. The summed E-state index contributed by atoms with van der Waals surface area (Å²) in [4.78, 5) is 2.36. The average molecular weight is 607 g/mol. The van der Waals surface area contributed by atoms with Gasteiger partial charge in [0.25, 0.3) is 0 Å². The second-order valence-corrected chi connectivity index (χ2v) is 12.6. The van der Waals surface area contributed by atoms with Crippen LogP contribution in [-0.2, 0) is 40.4 Å². The van der Waals surface area contributed by atoms with E-state index in [-0.39, 0.29) is 12.1 Å². The zero-order valence-corrected chi connectivity index (χ0v) is 24.1. The van der Waals surface area contributed by atoms with E-state index in [4.69, 9.17) is 21.4 Å². The predicted molar refractivity (Wildman–Crippen MR) is 151 cm³/mol. The molecule has 3 heterocycles. The highest BCUT2D eigenvalue weighted by Gasteiger charge is 2.31. The maximum Gasteiger partial charge on any atom is 0.416 e. The van der Waals surface area contributed by atoms with Crippen molar-refractivity contribution in [3.63, 3.8) is 0 Å². The molecule has 0 spiro atoms. The lowest BCUT2D eigenvalue weighted by atomic mass is 10.0. The molecule has 2 aliphatic heterocycles. The lowest BCUT2D eigenvalue weighted by Crippen LogP contribution is -2.37. The highest BCUT2D eigenvalue weighted by Crippen LogP contribution is 2.33. The van der Waals surface area contributed by atoms with Gasteiger partial charge in [-0.1, -0.05) is 35.6 Å². The van der Waals surface area contributed by atoms with Crippen LogP contribution in [0, 0.1) is 11.8 Å². The van der Waals surface area contributed by atoms with Gasteiger partial charge in [-0.2, -0.15) is 22.6 Å². The van der Waals surface area contributed by atoms with E-state index in [0.717, 1.165) is 62.7 Å². The van der Waals surface area contributed by atoms with Crippen LogP contribution in [0.5, 0.6) is 0 Å². The fraction of sp³-hybridized carbons (Fsp3) is 0.414. The summed E-state index contributed by atoms with van der Waals surface area (Å²) in [5.41, 5.74) is 3.09. The van der Waals surface area contributed by atoms with E-state index in [9.17, 15) is 21.6 Å². The number of hydrogen-bond donors (Lipinski definition) is 0. The molecule has 0 saturated carbocycles. The van der Waals surface area contributed by atoms with Crippen LogP contribution in [0.25, 0.3) is 11.3 Å². The van der Waals surface area contributed by atoms with Crippen LogP contribution in [0.15, 0.2) is 42.5 Å². The molecule has 1 saturated heterocycles. The van der Waals surface area contributed by atoms with Crippen molar-refractivity contribution in [1.82, 2.24) is 19.0 Å². The number of nitrogens with zero attached hydrogens (tertiary/aromatic N) is 4. The Balaban J connectivity index is 1.46. The number of benzene rings is 2. The zero-order chi connectivity index (χ0) is 29.2. The number of aromatic nitrogens is 2. The summed E-state index contributed by atoms with van der Waals surface area (Å²) in [6.45, 7) is 5.47. The Labute approximate surface area is 242 Å². The zero-order valence-electron chi connectivity index (χ0n) is 22.5. The van der Waals surface area contributed by atoms with Gasteiger partial charge in [0, 0.05) is 73.6 Å². The topological polar surface area (TPSA) is 67.7 Å². The number of rotatable bonds is 6. The largest absolute Gasteiger partial charge is 0.416 e. The van der Waals surface area contributed by atoms with Gasteiger partial charge in [-0.3, -0.25) is 9.58 Å². The van der Waals surface area contributed by atoms with Crippen molar-refractivity contribution in [2.45, 2.75) is 32.1 Å².